The Balaban J connectivity index is 1.88. The molecule has 0 aliphatic carbocycles. The van der Waals surface area contributed by atoms with E-state index in [1.165, 1.54) is 6.42 Å². The maximum absolute atomic E-state index is 12.1. The number of halogens is 1. The normalized spacial score (nSPS) is 18.7. The van der Waals surface area contributed by atoms with E-state index in [0.717, 1.165) is 19.4 Å². The van der Waals surface area contributed by atoms with Gasteiger partial charge < -0.3 is 10.2 Å². The highest BCUT2D eigenvalue weighted by Gasteiger charge is 2.23. The maximum atomic E-state index is 12.1. The van der Waals surface area contributed by atoms with Gasteiger partial charge in [0, 0.05) is 23.2 Å². The van der Waals surface area contributed by atoms with Gasteiger partial charge >= 0.3 is 0 Å². The fourth-order valence-corrected chi connectivity index (χ4v) is 2.65. The fourth-order valence-electron chi connectivity index (χ4n) is 2.46. The van der Waals surface area contributed by atoms with Gasteiger partial charge in [0.05, 0.1) is 6.54 Å². The van der Waals surface area contributed by atoms with Gasteiger partial charge in [-0.3, -0.25) is 9.59 Å². The number of likely N-dealkylation sites (tertiary alicyclic amines) is 1. The standard InChI is InChI=1S/C15H19ClN2O2/c1-11-5-2-3-8-18(11)14(19)10-17-15(20)12-6-4-7-13(16)9-12/h4,6-7,9,11H,2-3,5,8,10H2,1H3,(H,17,20). The van der Waals surface area contributed by atoms with E-state index in [2.05, 4.69) is 12.2 Å². The van der Waals surface area contributed by atoms with E-state index in [-0.39, 0.29) is 24.4 Å². The Morgan fingerprint density at radius 3 is 2.90 bits per heavy atom. The summed E-state index contributed by atoms with van der Waals surface area (Å²) < 4.78 is 0. The zero-order valence-corrected chi connectivity index (χ0v) is 12.3. The first-order chi connectivity index (χ1) is 9.58. The lowest BCUT2D eigenvalue weighted by atomic mass is 10.0. The quantitative estimate of drug-likeness (QED) is 0.931. The van der Waals surface area contributed by atoms with Crippen molar-refractivity contribution in [3.8, 4) is 0 Å². The summed E-state index contributed by atoms with van der Waals surface area (Å²) >= 11 is 5.84. The van der Waals surface area contributed by atoms with Gasteiger partial charge in [0.2, 0.25) is 5.91 Å². The Morgan fingerprint density at radius 2 is 2.20 bits per heavy atom. The van der Waals surface area contributed by atoms with Crippen molar-refractivity contribution >= 4 is 23.4 Å². The van der Waals surface area contributed by atoms with Crippen LogP contribution in [0.15, 0.2) is 24.3 Å². The van der Waals surface area contributed by atoms with Crippen LogP contribution in [-0.4, -0.2) is 35.8 Å². The molecule has 1 heterocycles. The third kappa shape index (κ3) is 3.73. The van der Waals surface area contributed by atoms with Crippen molar-refractivity contribution in [3.63, 3.8) is 0 Å². The van der Waals surface area contributed by atoms with Crippen molar-refractivity contribution < 1.29 is 9.59 Å². The molecule has 1 fully saturated rings. The van der Waals surface area contributed by atoms with Gasteiger partial charge in [0.1, 0.15) is 0 Å². The second-order valence-electron chi connectivity index (χ2n) is 5.12. The third-order valence-electron chi connectivity index (χ3n) is 3.61. The minimum absolute atomic E-state index is 0.0208. The molecule has 1 aromatic carbocycles. The van der Waals surface area contributed by atoms with Crippen LogP contribution in [0.4, 0.5) is 0 Å². The molecule has 1 atom stereocenters. The van der Waals surface area contributed by atoms with Gasteiger partial charge in [-0.05, 0) is 44.4 Å². The van der Waals surface area contributed by atoms with Gasteiger partial charge in [-0.1, -0.05) is 17.7 Å². The molecule has 2 amide bonds. The highest BCUT2D eigenvalue weighted by molar-refractivity contribution is 6.30. The highest BCUT2D eigenvalue weighted by atomic mass is 35.5. The van der Waals surface area contributed by atoms with Gasteiger partial charge in [0.15, 0.2) is 0 Å². The molecule has 1 N–H and O–H groups in total. The Hall–Kier alpha value is -1.55. The minimum Gasteiger partial charge on any atom is -0.343 e. The van der Waals surface area contributed by atoms with Gasteiger partial charge in [-0.15, -0.1) is 0 Å². The molecule has 108 valence electrons. The highest BCUT2D eigenvalue weighted by Crippen LogP contribution is 2.16. The van der Waals surface area contributed by atoms with Crippen LogP contribution in [0.25, 0.3) is 0 Å². The van der Waals surface area contributed by atoms with Crippen molar-refractivity contribution in [3.05, 3.63) is 34.9 Å². The zero-order chi connectivity index (χ0) is 14.5. The Morgan fingerprint density at radius 1 is 1.40 bits per heavy atom. The van der Waals surface area contributed by atoms with Crippen molar-refractivity contribution in [1.29, 1.82) is 0 Å². The van der Waals surface area contributed by atoms with Crippen LogP contribution in [0.5, 0.6) is 0 Å². The number of benzene rings is 1. The lowest BCUT2D eigenvalue weighted by Crippen LogP contribution is -2.46. The van der Waals surface area contributed by atoms with Crippen LogP contribution in [0.2, 0.25) is 5.02 Å². The molecule has 1 saturated heterocycles. The number of nitrogens with zero attached hydrogens (tertiary/aromatic N) is 1. The van der Waals surface area contributed by atoms with Crippen LogP contribution in [-0.2, 0) is 4.79 Å². The molecule has 1 aliphatic heterocycles. The molecule has 0 aromatic heterocycles. The molecule has 0 bridgehead atoms. The first-order valence-electron chi connectivity index (χ1n) is 6.91. The molecule has 0 radical (unpaired) electrons. The summed E-state index contributed by atoms with van der Waals surface area (Å²) in [6, 6.07) is 6.95. The van der Waals surface area contributed by atoms with E-state index >= 15 is 0 Å². The van der Waals surface area contributed by atoms with E-state index in [1.807, 2.05) is 4.90 Å². The number of hydrogen-bond donors (Lipinski definition) is 1. The lowest BCUT2D eigenvalue weighted by molar-refractivity contribution is -0.133. The van der Waals surface area contributed by atoms with Crippen LogP contribution < -0.4 is 5.32 Å². The fraction of sp³-hybridized carbons (Fsp3) is 0.467. The lowest BCUT2D eigenvalue weighted by Gasteiger charge is -2.33. The van der Waals surface area contributed by atoms with Crippen LogP contribution >= 0.6 is 11.6 Å². The molecule has 0 saturated carbocycles. The summed E-state index contributed by atoms with van der Waals surface area (Å²) in [5.41, 5.74) is 0.469. The van der Waals surface area contributed by atoms with E-state index in [1.54, 1.807) is 24.3 Å². The van der Waals surface area contributed by atoms with Crippen LogP contribution in [0.3, 0.4) is 0 Å². The topological polar surface area (TPSA) is 49.4 Å². The first-order valence-corrected chi connectivity index (χ1v) is 7.29. The van der Waals surface area contributed by atoms with E-state index in [9.17, 15) is 9.59 Å². The van der Waals surface area contributed by atoms with E-state index in [0.29, 0.717) is 10.6 Å². The number of amides is 2. The molecule has 1 aliphatic rings. The average molecular weight is 295 g/mol. The number of carbonyl (C=O) groups is 2. The maximum Gasteiger partial charge on any atom is 0.251 e. The third-order valence-corrected chi connectivity index (χ3v) is 3.85. The molecule has 1 unspecified atom stereocenters. The predicted octanol–water partition coefficient (Wildman–Crippen LogP) is 2.47. The number of rotatable bonds is 3. The smallest absolute Gasteiger partial charge is 0.251 e. The zero-order valence-electron chi connectivity index (χ0n) is 11.6. The number of nitrogens with one attached hydrogen (secondary N) is 1. The van der Waals surface area contributed by atoms with Crippen molar-refractivity contribution in [2.24, 2.45) is 0 Å². The minimum atomic E-state index is -0.273. The summed E-state index contributed by atoms with van der Waals surface area (Å²) in [4.78, 5) is 25.9. The van der Waals surface area contributed by atoms with Gasteiger partial charge in [-0.2, -0.15) is 0 Å². The summed E-state index contributed by atoms with van der Waals surface area (Å²) in [7, 11) is 0. The largest absolute Gasteiger partial charge is 0.343 e. The second kappa shape index (κ2) is 6.75. The van der Waals surface area contributed by atoms with E-state index < -0.39 is 0 Å². The van der Waals surface area contributed by atoms with Gasteiger partial charge in [0.25, 0.3) is 5.91 Å². The van der Waals surface area contributed by atoms with Crippen molar-refractivity contribution in [2.75, 3.05) is 13.1 Å². The molecule has 0 spiro atoms. The molecular weight excluding hydrogens is 276 g/mol. The number of piperidine rings is 1. The van der Waals surface area contributed by atoms with E-state index in [4.69, 9.17) is 11.6 Å². The van der Waals surface area contributed by atoms with Crippen molar-refractivity contribution in [1.82, 2.24) is 10.2 Å². The molecule has 1 aromatic rings. The Kier molecular flexibility index (Phi) is 5.01. The molecular formula is C15H19ClN2O2. The van der Waals surface area contributed by atoms with Gasteiger partial charge in [-0.25, -0.2) is 0 Å². The Bertz CT molecular complexity index is 504. The second-order valence-corrected chi connectivity index (χ2v) is 5.56. The number of carbonyl (C=O) groups excluding carboxylic acids is 2. The molecule has 2 rings (SSSR count). The van der Waals surface area contributed by atoms with Crippen LogP contribution in [0.1, 0.15) is 36.5 Å². The summed E-state index contributed by atoms with van der Waals surface area (Å²) in [6.45, 7) is 2.87. The SMILES string of the molecule is CC1CCCCN1C(=O)CNC(=O)c1cccc(Cl)c1. The predicted molar refractivity (Wildman–Crippen MR) is 78.8 cm³/mol. The molecule has 5 heteroatoms. The first kappa shape index (κ1) is 14.9. The van der Waals surface area contributed by atoms with Crippen molar-refractivity contribution in [2.45, 2.75) is 32.2 Å². The van der Waals surface area contributed by atoms with Crippen LogP contribution in [0, 0.1) is 0 Å². The molecule has 4 nitrogen and oxygen atoms in total. The monoisotopic (exact) mass is 294 g/mol. The average Bonchev–Trinajstić information content (AvgIpc) is 2.45. The molecule has 20 heavy (non-hydrogen) atoms. The summed E-state index contributed by atoms with van der Waals surface area (Å²) in [6.07, 6.45) is 3.24. The summed E-state index contributed by atoms with van der Waals surface area (Å²) in [5.74, 6) is -0.293. The number of hydrogen-bond acceptors (Lipinski definition) is 2. The Labute approximate surface area is 124 Å². The summed E-state index contributed by atoms with van der Waals surface area (Å²) in [5, 5.41) is 3.16.